The number of thioether (sulfide) groups is 1. The van der Waals surface area contributed by atoms with Gasteiger partial charge in [-0.2, -0.15) is 16.1 Å². The van der Waals surface area contributed by atoms with Gasteiger partial charge in [0, 0.05) is 42.5 Å². The van der Waals surface area contributed by atoms with Gasteiger partial charge in [0.05, 0.1) is 5.69 Å². The molecule has 1 aliphatic heterocycles. The van der Waals surface area contributed by atoms with Crippen molar-refractivity contribution in [2.75, 3.05) is 24.2 Å². The molecule has 0 bridgehead atoms. The predicted octanol–water partition coefficient (Wildman–Crippen LogP) is 2.03. The van der Waals surface area contributed by atoms with Gasteiger partial charge in [-0.3, -0.25) is 4.98 Å². The van der Waals surface area contributed by atoms with E-state index in [2.05, 4.69) is 17.2 Å². The monoisotopic (exact) mass is 315 g/mol. The summed E-state index contributed by atoms with van der Waals surface area (Å²) in [5.74, 6) is 0.835. The number of hydrogen-bond donors (Lipinski definition) is 1. The van der Waals surface area contributed by atoms with Crippen LogP contribution in [0.2, 0.25) is 0 Å². The van der Waals surface area contributed by atoms with E-state index in [0.717, 1.165) is 5.75 Å². The number of nitrogens with one attached hydrogen (secondary N) is 1. The highest BCUT2D eigenvalue weighted by atomic mass is 32.2. The first kappa shape index (κ1) is 15.6. The number of pyridine rings is 1. The summed E-state index contributed by atoms with van der Waals surface area (Å²) in [7, 11) is -3.50. The minimum atomic E-state index is -3.50. The Bertz CT molecular complexity index is 562. The number of aromatic nitrogens is 1. The van der Waals surface area contributed by atoms with E-state index in [9.17, 15) is 8.42 Å². The number of anilines is 1. The Morgan fingerprint density at radius 2 is 2.25 bits per heavy atom. The second kappa shape index (κ2) is 6.32. The minimum absolute atomic E-state index is 0.00608. The van der Waals surface area contributed by atoms with Crippen molar-refractivity contribution in [2.45, 2.75) is 37.0 Å². The van der Waals surface area contributed by atoms with E-state index in [4.69, 9.17) is 0 Å². The molecule has 5 nitrogen and oxygen atoms in total. The van der Waals surface area contributed by atoms with Crippen LogP contribution in [0.25, 0.3) is 0 Å². The first-order chi connectivity index (χ1) is 9.48. The highest BCUT2D eigenvalue weighted by Crippen LogP contribution is 2.31. The molecule has 112 valence electrons. The summed E-state index contributed by atoms with van der Waals surface area (Å²) in [5, 5.41) is 3.40. The molecule has 0 saturated carbocycles. The fourth-order valence-electron chi connectivity index (χ4n) is 2.29. The lowest BCUT2D eigenvalue weighted by atomic mass is 10.2. The average molecular weight is 315 g/mol. The van der Waals surface area contributed by atoms with Gasteiger partial charge in [-0.1, -0.05) is 6.92 Å². The van der Waals surface area contributed by atoms with E-state index in [0.29, 0.717) is 24.0 Å². The first-order valence-corrected chi connectivity index (χ1v) is 9.28. The van der Waals surface area contributed by atoms with E-state index in [-0.39, 0.29) is 10.9 Å². The molecule has 2 rings (SSSR count). The first-order valence-electron chi connectivity index (χ1n) is 6.79. The lowest BCUT2D eigenvalue weighted by Gasteiger charge is -2.36. The Balaban J connectivity index is 2.39. The molecule has 2 heterocycles. The van der Waals surface area contributed by atoms with E-state index in [1.54, 1.807) is 16.6 Å². The van der Waals surface area contributed by atoms with Crippen molar-refractivity contribution >= 4 is 27.5 Å². The highest BCUT2D eigenvalue weighted by molar-refractivity contribution is 8.00. The van der Waals surface area contributed by atoms with Crippen LogP contribution in [0.4, 0.5) is 5.69 Å². The minimum Gasteiger partial charge on any atom is -0.384 e. The third kappa shape index (κ3) is 2.94. The Kier molecular flexibility index (Phi) is 4.93. The average Bonchev–Trinajstić information content (AvgIpc) is 2.42. The van der Waals surface area contributed by atoms with Gasteiger partial charge in [0.15, 0.2) is 0 Å². The largest absolute Gasteiger partial charge is 0.384 e. The van der Waals surface area contributed by atoms with Crippen molar-refractivity contribution < 1.29 is 8.42 Å². The fourth-order valence-corrected chi connectivity index (χ4v) is 5.40. The smallest absolute Gasteiger partial charge is 0.246 e. The fraction of sp³-hybridized carbons (Fsp3) is 0.615. The molecule has 1 N–H and O–H groups in total. The Labute approximate surface area is 125 Å². The third-order valence-electron chi connectivity index (χ3n) is 3.56. The Hall–Kier alpha value is -0.790. The zero-order valence-corrected chi connectivity index (χ0v) is 13.7. The molecule has 7 heteroatoms. The zero-order valence-electron chi connectivity index (χ0n) is 12.0. The van der Waals surface area contributed by atoms with Crippen LogP contribution in [-0.2, 0) is 10.0 Å². The lowest BCUT2D eigenvalue weighted by molar-refractivity contribution is 0.340. The van der Waals surface area contributed by atoms with Gasteiger partial charge in [0.1, 0.15) is 4.90 Å². The van der Waals surface area contributed by atoms with Gasteiger partial charge in [-0.25, -0.2) is 8.42 Å². The molecule has 0 spiro atoms. The van der Waals surface area contributed by atoms with Gasteiger partial charge in [0.2, 0.25) is 10.0 Å². The van der Waals surface area contributed by atoms with Crippen molar-refractivity contribution in [1.82, 2.24) is 9.29 Å². The normalized spacial score (nSPS) is 24.6. The summed E-state index contributed by atoms with van der Waals surface area (Å²) < 4.78 is 27.4. The van der Waals surface area contributed by atoms with E-state index in [1.165, 1.54) is 6.20 Å². The number of rotatable bonds is 4. The van der Waals surface area contributed by atoms with E-state index in [1.807, 2.05) is 25.6 Å². The molecule has 1 saturated heterocycles. The van der Waals surface area contributed by atoms with Crippen molar-refractivity contribution in [3.8, 4) is 0 Å². The number of sulfonamides is 1. The molecule has 20 heavy (non-hydrogen) atoms. The third-order valence-corrected chi connectivity index (χ3v) is 6.92. The molecule has 1 aromatic heterocycles. The molecule has 0 aliphatic carbocycles. The van der Waals surface area contributed by atoms with Crippen LogP contribution in [0.15, 0.2) is 23.4 Å². The lowest BCUT2D eigenvalue weighted by Crippen LogP contribution is -2.47. The quantitative estimate of drug-likeness (QED) is 0.921. The van der Waals surface area contributed by atoms with Gasteiger partial charge >= 0.3 is 0 Å². The van der Waals surface area contributed by atoms with Crippen LogP contribution in [-0.4, -0.2) is 47.8 Å². The van der Waals surface area contributed by atoms with Crippen LogP contribution in [0.1, 0.15) is 20.8 Å². The maximum atomic E-state index is 12.9. The molecule has 0 amide bonds. The maximum Gasteiger partial charge on any atom is 0.246 e. The highest BCUT2D eigenvalue weighted by Gasteiger charge is 2.36. The number of nitrogens with zero attached hydrogens (tertiary/aromatic N) is 2. The van der Waals surface area contributed by atoms with Gasteiger partial charge in [0.25, 0.3) is 0 Å². The number of hydrogen-bond acceptors (Lipinski definition) is 5. The van der Waals surface area contributed by atoms with Crippen molar-refractivity contribution in [3.63, 3.8) is 0 Å². The SMILES string of the molecule is CCNc1ccncc1S(=O)(=O)N1CCSC(C)C1C. The molecule has 1 aromatic rings. The van der Waals surface area contributed by atoms with Crippen LogP contribution in [0, 0.1) is 0 Å². The van der Waals surface area contributed by atoms with Gasteiger partial charge in [-0.15, -0.1) is 0 Å². The topological polar surface area (TPSA) is 62.3 Å². The molecular formula is C13H21N3O2S2. The summed E-state index contributed by atoms with van der Waals surface area (Å²) in [4.78, 5) is 4.25. The Morgan fingerprint density at radius 3 is 2.95 bits per heavy atom. The van der Waals surface area contributed by atoms with Gasteiger partial charge in [-0.05, 0) is 19.9 Å². The summed E-state index contributed by atoms with van der Waals surface area (Å²) >= 11 is 1.82. The van der Waals surface area contributed by atoms with E-state index >= 15 is 0 Å². The molecule has 1 aliphatic rings. The summed E-state index contributed by atoms with van der Waals surface area (Å²) in [6.07, 6.45) is 3.04. The van der Waals surface area contributed by atoms with Crippen LogP contribution >= 0.6 is 11.8 Å². The molecular weight excluding hydrogens is 294 g/mol. The van der Waals surface area contributed by atoms with Gasteiger partial charge < -0.3 is 5.32 Å². The Morgan fingerprint density at radius 1 is 1.50 bits per heavy atom. The summed E-state index contributed by atoms with van der Waals surface area (Å²) in [6.45, 7) is 7.22. The van der Waals surface area contributed by atoms with Crippen molar-refractivity contribution in [3.05, 3.63) is 18.5 Å². The summed E-state index contributed by atoms with van der Waals surface area (Å²) in [6, 6.07) is 1.71. The molecule has 2 unspecified atom stereocenters. The van der Waals surface area contributed by atoms with Crippen molar-refractivity contribution in [1.29, 1.82) is 0 Å². The molecule has 1 fully saturated rings. The maximum absolute atomic E-state index is 12.9. The van der Waals surface area contributed by atoms with Crippen LogP contribution in [0.5, 0.6) is 0 Å². The summed E-state index contributed by atoms with van der Waals surface area (Å²) in [5.41, 5.74) is 0.626. The predicted molar refractivity (Wildman–Crippen MR) is 83.7 cm³/mol. The second-order valence-electron chi connectivity index (χ2n) is 4.83. The second-order valence-corrected chi connectivity index (χ2v) is 8.18. The molecule has 0 aromatic carbocycles. The van der Waals surface area contributed by atoms with E-state index < -0.39 is 10.0 Å². The zero-order chi connectivity index (χ0) is 14.8. The molecule has 0 radical (unpaired) electrons. The standard InChI is InChI=1S/C13H21N3O2S2/c1-4-15-12-5-6-14-9-13(12)20(17,18)16-7-8-19-11(3)10(16)2/h5-6,9-11H,4,7-8H2,1-3H3,(H,14,15). The van der Waals surface area contributed by atoms with Crippen molar-refractivity contribution in [2.24, 2.45) is 0 Å². The van der Waals surface area contributed by atoms with Crippen LogP contribution < -0.4 is 5.32 Å². The molecule has 2 atom stereocenters. The van der Waals surface area contributed by atoms with Crippen LogP contribution in [0.3, 0.4) is 0 Å².